The minimum Gasteiger partial charge on any atom is -0.366 e. The second kappa shape index (κ2) is 8.01. The number of primary amides is 1. The molecule has 0 aliphatic rings. The summed E-state index contributed by atoms with van der Waals surface area (Å²) in [5.41, 5.74) is 3.46. The number of nitrogens with two attached hydrogens (primary N) is 1. The van der Waals surface area contributed by atoms with Crippen molar-refractivity contribution in [3.05, 3.63) is 76.7 Å². The van der Waals surface area contributed by atoms with Crippen molar-refractivity contribution in [3.8, 4) is 11.3 Å². The molecule has 7 nitrogen and oxygen atoms in total. The van der Waals surface area contributed by atoms with Gasteiger partial charge < -0.3 is 15.6 Å². The quantitative estimate of drug-likeness (QED) is 0.431. The molecule has 0 atom stereocenters. The highest BCUT2D eigenvalue weighted by Gasteiger charge is 2.34. The van der Waals surface area contributed by atoms with Gasteiger partial charge in [0.1, 0.15) is 5.82 Å². The van der Waals surface area contributed by atoms with E-state index in [0.717, 1.165) is 18.2 Å². The number of hydrogen-bond donors (Lipinski definition) is 2. The molecule has 33 heavy (non-hydrogen) atoms. The van der Waals surface area contributed by atoms with Gasteiger partial charge in [0.15, 0.2) is 0 Å². The lowest BCUT2D eigenvalue weighted by molar-refractivity contribution is -0.137. The van der Waals surface area contributed by atoms with E-state index in [4.69, 9.17) is 10.3 Å². The number of fused-ring (bicyclic) bond motifs is 1. The van der Waals surface area contributed by atoms with Gasteiger partial charge in [0.25, 0.3) is 17.5 Å². The molecule has 3 N–H and O–H groups in total. The van der Waals surface area contributed by atoms with Crippen LogP contribution in [0.2, 0.25) is 0 Å². The van der Waals surface area contributed by atoms with Crippen molar-refractivity contribution in [1.82, 2.24) is 10.1 Å². The van der Waals surface area contributed by atoms with Gasteiger partial charge in [-0.3, -0.25) is 9.59 Å². The molecule has 2 aromatic heterocycles. The molecule has 0 aliphatic heterocycles. The van der Waals surface area contributed by atoms with Crippen LogP contribution in [0.3, 0.4) is 0 Å². The van der Waals surface area contributed by atoms with E-state index in [-0.39, 0.29) is 39.3 Å². The average Bonchev–Trinajstić information content (AvgIpc) is 3.14. The fraction of sp³-hybridized carbons (Fsp3) is 0.0909. The third kappa shape index (κ3) is 4.12. The van der Waals surface area contributed by atoms with Crippen molar-refractivity contribution in [3.63, 3.8) is 0 Å². The highest BCUT2D eigenvalue weighted by Crippen LogP contribution is 2.37. The van der Waals surface area contributed by atoms with E-state index in [0.29, 0.717) is 0 Å². The molecule has 2 heterocycles. The van der Waals surface area contributed by atoms with E-state index in [2.05, 4.69) is 15.5 Å². The molecule has 2 aromatic carbocycles. The lowest BCUT2D eigenvalue weighted by Crippen LogP contribution is -2.16. The van der Waals surface area contributed by atoms with Gasteiger partial charge in [-0.15, -0.1) is 0 Å². The topological polar surface area (TPSA) is 111 Å². The number of nitrogens with one attached hydrogen (secondary N) is 1. The van der Waals surface area contributed by atoms with Gasteiger partial charge in [-0.05, 0) is 37.3 Å². The Labute approximate surface area is 183 Å². The fourth-order valence-electron chi connectivity index (χ4n) is 3.36. The number of nitrogens with zero attached hydrogens (tertiary/aromatic N) is 2. The maximum absolute atomic E-state index is 13.7. The standard InChI is InChI=1S/C22H14F4N4O3/c1-10-18-14(20(32)28-11-6-7-16(23)13(8-11)19(27)31)9-17(29-21(18)33-30-10)12-4-2-3-5-15(12)22(24,25)26/h2-9H,1H3,(H2,27,31)(H,28,32). The first-order valence-electron chi connectivity index (χ1n) is 9.40. The molecule has 0 saturated carbocycles. The molecule has 0 aliphatic carbocycles. The van der Waals surface area contributed by atoms with Gasteiger partial charge >= 0.3 is 6.18 Å². The number of halogens is 4. The first kappa shape index (κ1) is 21.9. The molecule has 0 unspecified atom stereocenters. The predicted molar refractivity (Wildman–Crippen MR) is 110 cm³/mol. The summed E-state index contributed by atoms with van der Waals surface area (Å²) in [6, 6.07) is 9.16. The number of anilines is 1. The second-order valence-corrected chi connectivity index (χ2v) is 7.06. The number of carbonyl (C=O) groups is 2. The number of carbonyl (C=O) groups excluding carboxylic acids is 2. The highest BCUT2D eigenvalue weighted by molar-refractivity contribution is 6.13. The number of amides is 2. The smallest absolute Gasteiger partial charge is 0.366 e. The van der Waals surface area contributed by atoms with Crippen LogP contribution in [-0.4, -0.2) is 22.0 Å². The second-order valence-electron chi connectivity index (χ2n) is 7.06. The molecular weight excluding hydrogens is 444 g/mol. The maximum atomic E-state index is 13.7. The largest absolute Gasteiger partial charge is 0.417 e. The number of hydrogen-bond acceptors (Lipinski definition) is 5. The van der Waals surface area contributed by atoms with Gasteiger partial charge in [-0.2, -0.15) is 13.2 Å². The minimum atomic E-state index is -4.66. The summed E-state index contributed by atoms with van der Waals surface area (Å²) in [5.74, 6) is -2.66. The Balaban J connectivity index is 1.84. The van der Waals surface area contributed by atoms with Crippen molar-refractivity contribution in [2.75, 3.05) is 5.32 Å². The van der Waals surface area contributed by atoms with Crippen molar-refractivity contribution >= 4 is 28.6 Å². The highest BCUT2D eigenvalue weighted by atomic mass is 19.4. The number of pyridine rings is 1. The van der Waals surface area contributed by atoms with Crippen LogP contribution in [0, 0.1) is 12.7 Å². The molecule has 4 aromatic rings. The molecule has 0 saturated heterocycles. The summed E-state index contributed by atoms with van der Waals surface area (Å²) in [6.07, 6.45) is -4.66. The summed E-state index contributed by atoms with van der Waals surface area (Å²) in [5, 5.41) is 6.42. The zero-order chi connectivity index (χ0) is 23.9. The first-order valence-corrected chi connectivity index (χ1v) is 9.40. The molecule has 0 fully saturated rings. The van der Waals surface area contributed by atoms with Crippen molar-refractivity contribution < 1.29 is 31.7 Å². The summed E-state index contributed by atoms with van der Waals surface area (Å²) in [4.78, 5) is 28.6. The molecule has 0 spiro atoms. The van der Waals surface area contributed by atoms with E-state index in [9.17, 15) is 27.2 Å². The Bertz CT molecular complexity index is 1410. The fourth-order valence-corrected chi connectivity index (χ4v) is 3.36. The van der Waals surface area contributed by atoms with Crippen LogP contribution < -0.4 is 11.1 Å². The van der Waals surface area contributed by atoms with Gasteiger partial charge in [0.2, 0.25) is 0 Å². The predicted octanol–water partition coefficient (Wildman–Crippen LogP) is 4.71. The number of rotatable bonds is 4. The van der Waals surface area contributed by atoms with Crippen LogP contribution in [0.5, 0.6) is 0 Å². The van der Waals surface area contributed by atoms with Crippen LogP contribution in [0.4, 0.5) is 23.2 Å². The van der Waals surface area contributed by atoms with E-state index < -0.39 is 34.9 Å². The number of aromatic nitrogens is 2. The zero-order valence-corrected chi connectivity index (χ0v) is 16.8. The number of aryl methyl sites for hydroxylation is 1. The average molecular weight is 458 g/mol. The van der Waals surface area contributed by atoms with Crippen LogP contribution in [0.15, 0.2) is 53.1 Å². The first-order chi connectivity index (χ1) is 15.6. The van der Waals surface area contributed by atoms with Gasteiger partial charge in [0.05, 0.1) is 33.5 Å². The van der Waals surface area contributed by atoms with Gasteiger partial charge in [0, 0.05) is 11.3 Å². The Morgan fingerprint density at radius 1 is 1.06 bits per heavy atom. The molecule has 2 amide bonds. The summed E-state index contributed by atoms with van der Waals surface area (Å²) in [7, 11) is 0. The Kier molecular flexibility index (Phi) is 5.32. The van der Waals surface area contributed by atoms with Crippen molar-refractivity contribution in [2.45, 2.75) is 13.1 Å². The molecule has 168 valence electrons. The normalized spacial score (nSPS) is 11.5. The van der Waals surface area contributed by atoms with Gasteiger partial charge in [-0.25, -0.2) is 9.37 Å². The van der Waals surface area contributed by atoms with E-state index in [1.54, 1.807) is 0 Å². The van der Waals surface area contributed by atoms with E-state index >= 15 is 0 Å². The lowest BCUT2D eigenvalue weighted by atomic mass is 10.0. The monoisotopic (exact) mass is 458 g/mol. The Hall–Kier alpha value is -4.28. The lowest BCUT2D eigenvalue weighted by Gasteiger charge is -2.13. The third-order valence-electron chi connectivity index (χ3n) is 4.86. The van der Waals surface area contributed by atoms with Crippen LogP contribution in [0.25, 0.3) is 22.4 Å². The summed E-state index contributed by atoms with van der Waals surface area (Å²) >= 11 is 0. The molecule has 4 rings (SSSR count). The van der Waals surface area contributed by atoms with Crippen molar-refractivity contribution in [1.29, 1.82) is 0 Å². The van der Waals surface area contributed by atoms with Crippen LogP contribution >= 0.6 is 0 Å². The number of benzene rings is 2. The number of alkyl halides is 3. The van der Waals surface area contributed by atoms with Crippen molar-refractivity contribution in [2.24, 2.45) is 5.73 Å². The molecule has 0 radical (unpaired) electrons. The Morgan fingerprint density at radius 2 is 1.79 bits per heavy atom. The van der Waals surface area contributed by atoms with E-state index in [1.165, 1.54) is 37.3 Å². The molecule has 11 heteroatoms. The minimum absolute atomic E-state index is 0.0477. The van der Waals surface area contributed by atoms with Crippen LogP contribution in [0.1, 0.15) is 32.0 Å². The Morgan fingerprint density at radius 3 is 2.48 bits per heavy atom. The molecule has 0 bridgehead atoms. The van der Waals surface area contributed by atoms with Gasteiger partial charge in [-0.1, -0.05) is 23.4 Å². The third-order valence-corrected chi connectivity index (χ3v) is 4.86. The SMILES string of the molecule is Cc1noc2nc(-c3ccccc3C(F)(F)F)cc(C(=O)Nc3ccc(F)c(C(N)=O)c3)c12. The summed E-state index contributed by atoms with van der Waals surface area (Å²) < 4.78 is 59.4. The molecular formula is C22H14F4N4O3. The summed E-state index contributed by atoms with van der Waals surface area (Å²) in [6.45, 7) is 1.54. The maximum Gasteiger partial charge on any atom is 0.417 e. The zero-order valence-electron chi connectivity index (χ0n) is 16.8. The van der Waals surface area contributed by atoms with E-state index in [1.807, 2.05) is 0 Å². The van der Waals surface area contributed by atoms with Crippen LogP contribution in [-0.2, 0) is 6.18 Å².